The molecule has 0 spiro atoms. The molecule has 21 heavy (non-hydrogen) atoms. The molecule has 0 heterocycles. The molecule has 0 fully saturated rings. The highest BCUT2D eigenvalue weighted by molar-refractivity contribution is 5.82. The van der Waals surface area contributed by atoms with E-state index in [1.807, 2.05) is 6.08 Å². The van der Waals surface area contributed by atoms with Crippen molar-refractivity contribution in [2.75, 3.05) is 6.61 Å². The van der Waals surface area contributed by atoms with Crippen LogP contribution < -0.4 is 0 Å². The summed E-state index contributed by atoms with van der Waals surface area (Å²) >= 11 is 0. The van der Waals surface area contributed by atoms with Gasteiger partial charge >= 0.3 is 5.97 Å². The minimum absolute atomic E-state index is 0.281. The third kappa shape index (κ3) is 13.2. The third-order valence-corrected chi connectivity index (χ3v) is 3.02. The van der Waals surface area contributed by atoms with Crippen molar-refractivity contribution in [3.63, 3.8) is 0 Å². The van der Waals surface area contributed by atoms with Gasteiger partial charge in [0.1, 0.15) is 0 Å². The van der Waals surface area contributed by atoms with E-state index in [1.54, 1.807) is 13.0 Å². The van der Waals surface area contributed by atoms with Crippen LogP contribution in [-0.4, -0.2) is 12.6 Å². The standard InChI is InChI=1S/C19H30O2/c1-6-21-19(20)15-9-14-18(5)13-8-12-17(4)11-7-10-16(2)3/h9-10,12,14-15H,6-8,11,13H2,1-5H3/b15-9+,17-12+,18-14+. The number of carbonyl (C=O) groups excluding carboxylic acids is 1. The molecule has 0 N–H and O–H groups in total. The van der Waals surface area contributed by atoms with E-state index in [0.717, 1.165) is 25.7 Å². The normalized spacial score (nSPS) is 12.6. The van der Waals surface area contributed by atoms with Crippen molar-refractivity contribution in [1.29, 1.82) is 0 Å². The lowest BCUT2D eigenvalue weighted by Crippen LogP contribution is -1.98. The topological polar surface area (TPSA) is 26.3 Å². The smallest absolute Gasteiger partial charge is 0.330 e. The largest absolute Gasteiger partial charge is 0.463 e. The Hall–Kier alpha value is -1.57. The molecule has 0 saturated heterocycles. The average molecular weight is 290 g/mol. The maximum Gasteiger partial charge on any atom is 0.330 e. The first-order chi connectivity index (χ1) is 9.95. The van der Waals surface area contributed by atoms with Crippen molar-refractivity contribution in [2.24, 2.45) is 0 Å². The number of allylic oxidation sites excluding steroid dienone is 7. The van der Waals surface area contributed by atoms with Crippen molar-refractivity contribution < 1.29 is 9.53 Å². The van der Waals surface area contributed by atoms with Gasteiger partial charge in [0.25, 0.3) is 0 Å². The molecular weight excluding hydrogens is 260 g/mol. The molecule has 0 aromatic rings. The van der Waals surface area contributed by atoms with Crippen LogP contribution in [0.25, 0.3) is 0 Å². The summed E-state index contributed by atoms with van der Waals surface area (Å²) in [6.07, 6.45) is 14.1. The molecule has 0 rings (SSSR count). The Labute approximate surface area is 130 Å². The summed E-state index contributed by atoms with van der Waals surface area (Å²) in [6.45, 7) is 10.8. The predicted octanol–water partition coefficient (Wildman–Crippen LogP) is 5.52. The Morgan fingerprint density at radius 1 is 0.952 bits per heavy atom. The summed E-state index contributed by atoms with van der Waals surface area (Å²) < 4.78 is 4.82. The van der Waals surface area contributed by atoms with E-state index in [-0.39, 0.29) is 5.97 Å². The zero-order chi connectivity index (χ0) is 16.1. The zero-order valence-corrected chi connectivity index (χ0v) is 14.2. The van der Waals surface area contributed by atoms with Gasteiger partial charge in [0.2, 0.25) is 0 Å². The number of hydrogen-bond donors (Lipinski definition) is 0. The van der Waals surface area contributed by atoms with Crippen molar-refractivity contribution in [1.82, 2.24) is 0 Å². The van der Waals surface area contributed by atoms with E-state index in [0.29, 0.717) is 6.61 Å². The summed E-state index contributed by atoms with van der Waals surface area (Å²) in [6, 6.07) is 0. The zero-order valence-electron chi connectivity index (χ0n) is 14.2. The van der Waals surface area contributed by atoms with Crippen LogP contribution in [0.15, 0.2) is 47.1 Å². The molecule has 118 valence electrons. The van der Waals surface area contributed by atoms with Crippen LogP contribution in [0.3, 0.4) is 0 Å². The van der Waals surface area contributed by atoms with Gasteiger partial charge < -0.3 is 4.74 Å². The lowest BCUT2D eigenvalue weighted by molar-refractivity contribution is -0.137. The molecular formula is C19H30O2. The fourth-order valence-corrected chi connectivity index (χ4v) is 1.80. The molecule has 0 aliphatic carbocycles. The van der Waals surface area contributed by atoms with Gasteiger partial charge in [-0.3, -0.25) is 0 Å². The predicted molar refractivity (Wildman–Crippen MR) is 91.2 cm³/mol. The summed E-state index contributed by atoms with van der Waals surface area (Å²) in [5.41, 5.74) is 4.10. The third-order valence-electron chi connectivity index (χ3n) is 3.02. The molecule has 0 bridgehead atoms. The SMILES string of the molecule is CCOC(=O)/C=C/C=C(\C)CC/C=C(\C)CCC=C(C)C. The second-order valence-corrected chi connectivity index (χ2v) is 5.53. The minimum atomic E-state index is -0.281. The number of ether oxygens (including phenoxy) is 1. The van der Waals surface area contributed by atoms with Gasteiger partial charge in [-0.25, -0.2) is 4.79 Å². The fraction of sp³-hybridized carbons (Fsp3) is 0.526. The van der Waals surface area contributed by atoms with Crippen LogP contribution in [0.4, 0.5) is 0 Å². The molecule has 0 atom stereocenters. The van der Waals surface area contributed by atoms with Crippen molar-refractivity contribution >= 4 is 5.97 Å². The lowest BCUT2D eigenvalue weighted by Gasteiger charge is -2.00. The van der Waals surface area contributed by atoms with Crippen molar-refractivity contribution in [2.45, 2.75) is 60.3 Å². The molecule has 0 aromatic heterocycles. The van der Waals surface area contributed by atoms with Crippen LogP contribution in [0.1, 0.15) is 60.3 Å². The first-order valence-corrected chi connectivity index (χ1v) is 7.75. The summed E-state index contributed by atoms with van der Waals surface area (Å²) in [7, 11) is 0. The minimum Gasteiger partial charge on any atom is -0.463 e. The van der Waals surface area contributed by atoms with Crippen LogP contribution in [0, 0.1) is 0 Å². The average Bonchev–Trinajstić information content (AvgIpc) is 2.38. The number of esters is 1. The van der Waals surface area contributed by atoms with E-state index in [2.05, 4.69) is 39.8 Å². The molecule has 2 nitrogen and oxygen atoms in total. The van der Waals surface area contributed by atoms with Crippen LogP contribution in [0.5, 0.6) is 0 Å². The molecule has 0 radical (unpaired) electrons. The van der Waals surface area contributed by atoms with Crippen molar-refractivity contribution in [3.8, 4) is 0 Å². The van der Waals surface area contributed by atoms with Gasteiger partial charge in [-0.15, -0.1) is 0 Å². The number of hydrogen-bond acceptors (Lipinski definition) is 2. The molecule has 0 saturated carbocycles. The summed E-state index contributed by atoms with van der Waals surface area (Å²) in [5, 5.41) is 0. The van der Waals surface area contributed by atoms with E-state index in [4.69, 9.17) is 4.74 Å². The number of carbonyl (C=O) groups is 1. The second kappa shape index (κ2) is 12.2. The van der Waals surface area contributed by atoms with Crippen molar-refractivity contribution in [3.05, 3.63) is 47.1 Å². The highest BCUT2D eigenvalue weighted by Crippen LogP contribution is 2.11. The molecule has 0 aromatic carbocycles. The van der Waals surface area contributed by atoms with Gasteiger partial charge in [-0.2, -0.15) is 0 Å². The van der Waals surface area contributed by atoms with E-state index in [1.165, 1.54) is 22.8 Å². The molecule has 0 unspecified atom stereocenters. The van der Waals surface area contributed by atoms with Crippen LogP contribution in [0.2, 0.25) is 0 Å². The van der Waals surface area contributed by atoms with Gasteiger partial charge in [-0.05, 0) is 60.3 Å². The Bertz CT molecular complexity index is 419. The summed E-state index contributed by atoms with van der Waals surface area (Å²) in [5.74, 6) is -0.281. The second-order valence-electron chi connectivity index (χ2n) is 5.53. The maximum atomic E-state index is 11.1. The van der Waals surface area contributed by atoms with Gasteiger partial charge in [0.15, 0.2) is 0 Å². The Kier molecular flexibility index (Phi) is 11.3. The van der Waals surface area contributed by atoms with Gasteiger partial charge in [0, 0.05) is 6.08 Å². The van der Waals surface area contributed by atoms with E-state index in [9.17, 15) is 4.79 Å². The van der Waals surface area contributed by atoms with Gasteiger partial charge in [0.05, 0.1) is 6.61 Å². The summed E-state index contributed by atoms with van der Waals surface area (Å²) in [4.78, 5) is 11.1. The Morgan fingerprint density at radius 2 is 1.57 bits per heavy atom. The first kappa shape index (κ1) is 19.4. The molecule has 2 heteroatoms. The monoisotopic (exact) mass is 290 g/mol. The quantitative estimate of drug-likeness (QED) is 0.242. The first-order valence-electron chi connectivity index (χ1n) is 7.75. The van der Waals surface area contributed by atoms with Crippen LogP contribution in [-0.2, 0) is 9.53 Å². The van der Waals surface area contributed by atoms with E-state index < -0.39 is 0 Å². The van der Waals surface area contributed by atoms with Crippen LogP contribution >= 0.6 is 0 Å². The lowest BCUT2D eigenvalue weighted by atomic mass is 10.1. The Balaban J connectivity index is 4.04. The molecule has 0 aliphatic heterocycles. The highest BCUT2D eigenvalue weighted by atomic mass is 16.5. The highest BCUT2D eigenvalue weighted by Gasteiger charge is 1.93. The number of rotatable bonds is 9. The maximum absolute atomic E-state index is 11.1. The molecule has 0 aliphatic rings. The Morgan fingerprint density at radius 3 is 2.19 bits per heavy atom. The van der Waals surface area contributed by atoms with E-state index >= 15 is 0 Å². The van der Waals surface area contributed by atoms with Gasteiger partial charge in [-0.1, -0.05) is 41.0 Å². The fourth-order valence-electron chi connectivity index (χ4n) is 1.80. The molecule has 0 amide bonds.